The van der Waals surface area contributed by atoms with Crippen molar-refractivity contribution in [3.8, 4) is 5.75 Å². The number of carbonyl (C=O) groups excluding carboxylic acids is 3. The van der Waals surface area contributed by atoms with Crippen LogP contribution in [0.2, 0.25) is 6.32 Å². The van der Waals surface area contributed by atoms with E-state index in [2.05, 4.69) is 0 Å². The third kappa shape index (κ3) is 5.22. The fourth-order valence-electron chi connectivity index (χ4n) is 6.38. The lowest BCUT2D eigenvalue weighted by atomic mass is 9.58. The van der Waals surface area contributed by atoms with Crippen molar-refractivity contribution >= 4 is 36.7 Å². The molecular weight excluding hydrogens is 513 g/mol. The smallest absolute Gasteiger partial charge is 0.455 e. The molecule has 2 saturated heterocycles. The molecule has 0 bridgehead atoms. The van der Waals surface area contributed by atoms with Gasteiger partial charge in [0.05, 0.1) is 31.7 Å². The van der Waals surface area contributed by atoms with E-state index in [-0.39, 0.29) is 25.1 Å². The Morgan fingerprint density at radius 1 is 1.07 bits per heavy atom. The second kappa shape index (κ2) is 11.8. The van der Waals surface area contributed by atoms with Crippen molar-refractivity contribution in [1.82, 2.24) is 4.90 Å². The van der Waals surface area contributed by atoms with E-state index in [9.17, 15) is 24.5 Å². The van der Waals surface area contributed by atoms with Crippen molar-refractivity contribution in [2.75, 3.05) is 20.8 Å². The van der Waals surface area contributed by atoms with Gasteiger partial charge in [0.25, 0.3) is 0 Å². The largest absolute Gasteiger partial charge is 0.507 e. The van der Waals surface area contributed by atoms with Gasteiger partial charge in [-0.1, -0.05) is 48.5 Å². The second-order valence-electron chi connectivity index (χ2n) is 10.4. The SMILES string of the molecule is COCC1=C2[C@@H](CC/C(=C/c3ccccc3O)c3ccccc3)OB(O)C[C@@H]2[C@@H]2C(=O)N(C(=O)OC)C(=O)[C@@H]2C1. The normalized spacial score (nSPS) is 24.7. The van der Waals surface area contributed by atoms with Crippen LogP contribution < -0.4 is 0 Å². The summed E-state index contributed by atoms with van der Waals surface area (Å²) < 4.78 is 16.3. The molecule has 2 aromatic rings. The van der Waals surface area contributed by atoms with E-state index in [1.54, 1.807) is 19.2 Å². The average Bonchev–Trinajstić information content (AvgIpc) is 3.21. The summed E-state index contributed by atoms with van der Waals surface area (Å²) in [4.78, 5) is 39.4. The molecule has 0 spiro atoms. The van der Waals surface area contributed by atoms with Crippen molar-refractivity contribution < 1.29 is 38.6 Å². The molecule has 2 aliphatic heterocycles. The minimum Gasteiger partial charge on any atom is -0.507 e. The highest BCUT2D eigenvalue weighted by Gasteiger charge is 2.59. The first-order valence-corrected chi connectivity index (χ1v) is 13.4. The quantitative estimate of drug-likeness (QED) is 0.232. The van der Waals surface area contributed by atoms with E-state index in [0.717, 1.165) is 29.4 Å². The highest BCUT2D eigenvalue weighted by Crippen LogP contribution is 2.51. The Hall–Kier alpha value is -3.73. The van der Waals surface area contributed by atoms with Gasteiger partial charge in [0.1, 0.15) is 5.75 Å². The van der Waals surface area contributed by atoms with Crippen LogP contribution in [0, 0.1) is 17.8 Å². The molecule has 10 heteroatoms. The van der Waals surface area contributed by atoms with Crippen molar-refractivity contribution in [2.45, 2.75) is 31.7 Å². The number of fused-ring (bicyclic) bond motifs is 3. The first-order chi connectivity index (χ1) is 19.3. The van der Waals surface area contributed by atoms with Gasteiger partial charge in [-0.05, 0) is 65.9 Å². The van der Waals surface area contributed by atoms with Gasteiger partial charge < -0.3 is 24.3 Å². The van der Waals surface area contributed by atoms with Gasteiger partial charge in [-0.15, -0.1) is 0 Å². The third-order valence-electron chi connectivity index (χ3n) is 8.07. The van der Waals surface area contributed by atoms with Crippen LogP contribution in [-0.2, 0) is 23.7 Å². The lowest BCUT2D eigenvalue weighted by Gasteiger charge is -2.43. The van der Waals surface area contributed by atoms with Crippen LogP contribution in [0.4, 0.5) is 4.79 Å². The fourth-order valence-corrected chi connectivity index (χ4v) is 6.38. The van der Waals surface area contributed by atoms with Crippen molar-refractivity contribution in [3.63, 3.8) is 0 Å². The molecule has 2 aromatic carbocycles. The zero-order valence-corrected chi connectivity index (χ0v) is 22.5. The molecular formula is C30H32BNO8. The first kappa shape index (κ1) is 27.8. The van der Waals surface area contributed by atoms with E-state index in [1.807, 2.05) is 48.5 Å². The lowest BCUT2D eigenvalue weighted by molar-refractivity contribution is -0.137. The number of amides is 3. The Kier molecular flexibility index (Phi) is 8.21. The van der Waals surface area contributed by atoms with E-state index in [1.165, 1.54) is 0 Å². The minimum absolute atomic E-state index is 0.132. The van der Waals surface area contributed by atoms with Gasteiger partial charge in [0.15, 0.2) is 0 Å². The summed E-state index contributed by atoms with van der Waals surface area (Å²) in [7, 11) is 1.55. The number of phenols is 1. The van der Waals surface area contributed by atoms with Crippen LogP contribution in [0.3, 0.4) is 0 Å². The fraction of sp³-hybridized carbons (Fsp3) is 0.367. The molecule has 2 fully saturated rings. The van der Waals surface area contributed by atoms with Crippen molar-refractivity contribution in [2.24, 2.45) is 17.8 Å². The molecule has 2 heterocycles. The monoisotopic (exact) mass is 545 g/mol. The molecule has 0 radical (unpaired) electrons. The number of carbonyl (C=O) groups is 3. The number of hydrogen-bond acceptors (Lipinski definition) is 8. The maximum absolute atomic E-state index is 13.4. The summed E-state index contributed by atoms with van der Waals surface area (Å²) in [6.45, 7) is 0.240. The van der Waals surface area contributed by atoms with Crippen LogP contribution in [0.5, 0.6) is 5.75 Å². The van der Waals surface area contributed by atoms with Crippen molar-refractivity contribution in [3.05, 3.63) is 76.9 Å². The van der Waals surface area contributed by atoms with E-state index in [4.69, 9.17) is 14.1 Å². The Labute approximate surface area is 233 Å². The summed E-state index contributed by atoms with van der Waals surface area (Å²) in [6, 6.07) is 16.9. The van der Waals surface area contributed by atoms with E-state index in [0.29, 0.717) is 23.3 Å². The summed E-state index contributed by atoms with van der Waals surface area (Å²) in [5, 5.41) is 21.2. The molecule has 0 saturated carbocycles. The number of para-hydroxylation sites is 1. The molecule has 4 atom stereocenters. The number of imide groups is 3. The number of aromatic hydroxyl groups is 1. The predicted octanol–water partition coefficient (Wildman–Crippen LogP) is 3.92. The standard InChI is InChI=1S/C30H32BNO8/c1-38-17-21-15-22-27(29(35)32(28(22)34)30(36)39-2)23-16-31(37)40-25(26(21)23)13-12-19(18-8-4-3-5-9-18)14-20-10-6-7-11-24(20)33/h3-11,14,22-23,25,27,33,37H,12-13,15-17H2,1-2H3/b19-14-/t22-,23+,25-,27-/m1/s1. The average molecular weight is 545 g/mol. The molecule has 1 aliphatic carbocycles. The van der Waals surface area contributed by atoms with Gasteiger partial charge in [0, 0.05) is 12.7 Å². The molecule has 208 valence electrons. The van der Waals surface area contributed by atoms with Crippen LogP contribution >= 0.6 is 0 Å². The molecule has 5 rings (SSSR count). The molecule has 3 amide bonds. The number of likely N-dealkylation sites (tertiary alicyclic amines) is 1. The molecule has 0 unspecified atom stereocenters. The summed E-state index contributed by atoms with van der Waals surface area (Å²) >= 11 is 0. The third-order valence-corrected chi connectivity index (χ3v) is 8.07. The number of methoxy groups -OCH3 is 2. The Bertz CT molecular complexity index is 1360. The zero-order valence-electron chi connectivity index (χ0n) is 22.5. The Morgan fingerprint density at radius 3 is 2.50 bits per heavy atom. The van der Waals surface area contributed by atoms with Crippen LogP contribution in [0.1, 0.15) is 30.4 Å². The van der Waals surface area contributed by atoms with Crippen molar-refractivity contribution in [1.29, 1.82) is 0 Å². The number of phenolic OH excluding ortho intramolecular Hbond substituents is 1. The van der Waals surface area contributed by atoms with Crippen LogP contribution in [0.15, 0.2) is 65.7 Å². The number of nitrogens with zero attached hydrogens (tertiary/aromatic N) is 1. The maximum Gasteiger partial charge on any atom is 0.455 e. The van der Waals surface area contributed by atoms with E-state index >= 15 is 0 Å². The molecule has 40 heavy (non-hydrogen) atoms. The molecule has 2 N–H and O–H groups in total. The Morgan fingerprint density at radius 2 is 1.80 bits per heavy atom. The van der Waals surface area contributed by atoms with Gasteiger partial charge in [-0.3, -0.25) is 9.59 Å². The zero-order chi connectivity index (χ0) is 28.4. The number of hydrogen-bond donors (Lipinski definition) is 2. The number of allylic oxidation sites excluding steroid dienone is 1. The van der Waals surface area contributed by atoms with Crippen LogP contribution in [0.25, 0.3) is 11.6 Å². The molecule has 0 aromatic heterocycles. The lowest BCUT2D eigenvalue weighted by Crippen LogP contribution is -2.46. The maximum atomic E-state index is 13.4. The Balaban J connectivity index is 1.49. The van der Waals surface area contributed by atoms with E-state index < -0.39 is 48.9 Å². The minimum atomic E-state index is -1.14. The molecule has 3 aliphatic rings. The van der Waals surface area contributed by atoms with Gasteiger partial charge in [0.2, 0.25) is 11.8 Å². The summed E-state index contributed by atoms with van der Waals surface area (Å²) in [6.07, 6.45) is 1.82. The van der Waals surface area contributed by atoms with Gasteiger partial charge in [-0.25, -0.2) is 4.79 Å². The highest BCUT2D eigenvalue weighted by molar-refractivity contribution is 6.43. The first-order valence-electron chi connectivity index (χ1n) is 13.4. The topological polar surface area (TPSA) is 123 Å². The number of benzene rings is 2. The number of rotatable bonds is 7. The molecule has 9 nitrogen and oxygen atoms in total. The van der Waals surface area contributed by atoms with Gasteiger partial charge >= 0.3 is 13.2 Å². The highest BCUT2D eigenvalue weighted by atomic mass is 16.5. The second-order valence-corrected chi connectivity index (χ2v) is 10.4. The van der Waals surface area contributed by atoms with Crippen LogP contribution in [-0.4, -0.2) is 67.0 Å². The van der Waals surface area contributed by atoms with Gasteiger partial charge in [-0.2, -0.15) is 4.90 Å². The number of ether oxygens (including phenoxy) is 2. The summed E-state index contributed by atoms with van der Waals surface area (Å²) in [5.74, 6) is -3.00. The summed E-state index contributed by atoms with van der Waals surface area (Å²) in [5.41, 5.74) is 4.34. The predicted molar refractivity (Wildman–Crippen MR) is 148 cm³/mol.